The van der Waals surface area contributed by atoms with Crippen LogP contribution < -0.4 is 15.5 Å². The molecule has 8 nitrogen and oxygen atoms in total. The van der Waals surface area contributed by atoms with Crippen molar-refractivity contribution in [2.45, 2.75) is 96.4 Å². The van der Waals surface area contributed by atoms with Gasteiger partial charge in [0, 0.05) is 31.1 Å². The molecule has 3 atom stereocenters. The molecule has 0 saturated heterocycles. The first-order valence-corrected chi connectivity index (χ1v) is 14.1. The monoisotopic (exact) mass is 547 g/mol. The number of amides is 3. The number of rotatable bonds is 9. The van der Waals surface area contributed by atoms with Gasteiger partial charge in [-0.2, -0.15) is 0 Å². The van der Waals surface area contributed by atoms with Crippen LogP contribution in [-0.2, 0) is 30.3 Å². The summed E-state index contributed by atoms with van der Waals surface area (Å²) in [5, 5.41) is 4.75. The van der Waals surface area contributed by atoms with Gasteiger partial charge in [-0.1, -0.05) is 34.6 Å². The van der Waals surface area contributed by atoms with Crippen LogP contribution in [0, 0.1) is 17.3 Å². The number of carbonyl (C=O) groups is 4. The number of benzene rings is 1. The summed E-state index contributed by atoms with van der Waals surface area (Å²) in [4.78, 5) is 54.7. The standard InChI is InChI=1S/C29H45N3O5S/c1-17(2)15-20(25(34)31-24(26(35)30-9)28(3,4)5)23(27(36)37-29(6,7)8)38-19-12-13-21-18(16-19)11-14-22(33)32(21)10/h12-13,16-17,20,23-24H,11,14-15H2,1-10H3,(H,30,35)(H,31,34)/t20-,23+,24-/m1/s1. The molecule has 0 saturated carbocycles. The van der Waals surface area contributed by atoms with Gasteiger partial charge in [-0.3, -0.25) is 19.2 Å². The number of anilines is 1. The van der Waals surface area contributed by atoms with Gasteiger partial charge in [-0.15, -0.1) is 11.8 Å². The van der Waals surface area contributed by atoms with E-state index in [-0.39, 0.29) is 23.6 Å². The molecule has 212 valence electrons. The van der Waals surface area contributed by atoms with Crippen LogP contribution in [0.4, 0.5) is 5.69 Å². The van der Waals surface area contributed by atoms with E-state index in [4.69, 9.17) is 4.74 Å². The van der Waals surface area contributed by atoms with Crippen molar-refractivity contribution in [1.82, 2.24) is 10.6 Å². The first-order valence-electron chi connectivity index (χ1n) is 13.3. The van der Waals surface area contributed by atoms with Crippen molar-refractivity contribution in [3.05, 3.63) is 23.8 Å². The zero-order valence-corrected chi connectivity index (χ0v) is 25.4. The molecule has 0 unspecified atom stereocenters. The van der Waals surface area contributed by atoms with E-state index in [1.165, 1.54) is 11.8 Å². The van der Waals surface area contributed by atoms with Crippen LogP contribution >= 0.6 is 11.8 Å². The number of hydrogen-bond donors (Lipinski definition) is 2. The lowest BCUT2D eigenvalue weighted by Crippen LogP contribution is -2.55. The Balaban J connectivity index is 2.49. The average Bonchev–Trinajstić information content (AvgIpc) is 2.79. The van der Waals surface area contributed by atoms with Gasteiger partial charge in [0.1, 0.15) is 16.9 Å². The van der Waals surface area contributed by atoms with Crippen LogP contribution in [0.3, 0.4) is 0 Å². The van der Waals surface area contributed by atoms with Crippen LogP contribution in [-0.4, -0.2) is 54.7 Å². The Kier molecular flexibility index (Phi) is 10.4. The Morgan fingerprint density at radius 3 is 2.21 bits per heavy atom. The predicted molar refractivity (Wildman–Crippen MR) is 152 cm³/mol. The van der Waals surface area contributed by atoms with E-state index in [0.29, 0.717) is 19.3 Å². The van der Waals surface area contributed by atoms with Crippen LogP contribution in [0.25, 0.3) is 0 Å². The van der Waals surface area contributed by atoms with Gasteiger partial charge in [0.25, 0.3) is 0 Å². The molecule has 1 aromatic carbocycles. The van der Waals surface area contributed by atoms with E-state index in [1.54, 1.807) is 39.8 Å². The summed E-state index contributed by atoms with van der Waals surface area (Å²) in [6.07, 6.45) is 1.49. The Morgan fingerprint density at radius 2 is 1.68 bits per heavy atom. The van der Waals surface area contributed by atoms with Gasteiger partial charge in [0.2, 0.25) is 17.7 Å². The fourth-order valence-electron chi connectivity index (χ4n) is 4.45. The lowest BCUT2D eigenvalue weighted by molar-refractivity contribution is -0.156. The summed E-state index contributed by atoms with van der Waals surface area (Å²) < 4.78 is 5.80. The summed E-state index contributed by atoms with van der Waals surface area (Å²) in [6.45, 7) is 15.1. The van der Waals surface area contributed by atoms with Gasteiger partial charge >= 0.3 is 5.97 Å². The largest absolute Gasteiger partial charge is 0.459 e. The molecule has 0 aliphatic carbocycles. The van der Waals surface area contributed by atoms with E-state index in [1.807, 2.05) is 52.8 Å². The molecular formula is C29H45N3O5S. The molecule has 9 heteroatoms. The molecule has 1 heterocycles. The highest BCUT2D eigenvalue weighted by Gasteiger charge is 2.41. The fraction of sp³-hybridized carbons (Fsp3) is 0.655. The smallest absolute Gasteiger partial charge is 0.320 e. The SMILES string of the molecule is CNC(=O)[C@@H](NC(=O)[C@H](CC(C)C)[C@H](Sc1ccc2c(c1)CCC(=O)N2C)C(=O)OC(C)(C)C)C(C)(C)C. The summed E-state index contributed by atoms with van der Waals surface area (Å²) in [6, 6.07) is 4.99. The zero-order chi connectivity index (χ0) is 29.0. The van der Waals surface area contributed by atoms with Crippen molar-refractivity contribution in [2.24, 2.45) is 17.3 Å². The maximum absolute atomic E-state index is 13.8. The number of nitrogens with zero attached hydrogens (tertiary/aromatic N) is 1. The molecule has 3 amide bonds. The van der Waals surface area contributed by atoms with Crippen LogP contribution in [0.2, 0.25) is 0 Å². The third-order valence-electron chi connectivity index (χ3n) is 6.39. The molecule has 0 radical (unpaired) electrons. The van der Waals surface area contributed by atoms with Crippen molar-refractivity contribution in [3.63, 3.8) is 0 Å². The first-order chi connectivity index (χ1) is 17.4. The summed E-state index contributed by atoms with van der Waals surface area (Å²) in [5.74, 6) is -1.65. The van der Waals surface area contributed by atoms with Crippen molar-refractivity contribution < 1.29 is 23.9 Å². The third-order valence-corrected chi connectivity index (χ3v) is 7.69. The minimum Gasteiger partial charge on any atom is -0.459 e. The highest BCUT2D eigenvalue weighted by atomic mass is 32.2. The van der Waals surface area contributed by atoms with E-state index in [0.717, 1.165) is 16.1 Å². The molecule has 0 fully saturated rings. The van der Waals surface area contributed by atoms with Crippen molar-refractivity contribution >= 4 is 41.1 Å². The highest BCUT2D eigenvalue weighted by molar-refractivity contribution is 8.00. The molecule has 0 aromatic heterocycles. The molecule has 1 aliphatic heterocycles. The zero-order valence-electron chi connectivity index (χ0n) is 24.6. The second kappa shape index (κ2) is 12.5. The van der Waals surface area contributed by atoms with E-state index < -0.39 is 34.2 Å². The van der Waals surface area contributed by atoms with Crippen molar-refractivity contribution in [1.29, 1.82) is 0 Å². The normalized spacial score (nSPS) is 16.4. The maximum Gasteiger partial charge on any atom is 0.320 e. The number of nitrogens with one attached hydrogen (secondary N) is 2. The van der Waals surface area contributed by atoms with Gasteiger partial charge < -0.3 is 20.3 Å². The number of aryl methyl sites for hydroxylation is 1. The van der Waals surface area contributed by atoms with E-state index in [2.05, 4.69) is 10.6 Å². The first kappa shape index (κ1) is 31.7. The molecular weight excluding hydrogens is 502 g/mol. The van der Waals surface area contributed by atoms with Crippen LogP contribution in [0.5, 0.6) is 0 Å². The Labute approximate surface area is 232 Å². The van der Waals surface area contributed by atoms with Crippen LogP contribution in [0.15, 0.2) is 23.1 Å². The second-order valence-corrected chi connectivity index (χ2v) is 13.7. The summed E-state index contributed by atoms with van der Waals surface area (Å²) in [7, 11) is 3.30. The molecule has 2 N–H and O–H groups in total. The number of ether oxygens (including phenoxy) is 1. The Bertz CT molecular complexity index is 1040. The number of likely N-dealkylation sites (N-methyl/N-ethyl adjacent to an activating group) is 1. The van der Waals surface area contributed by atoms with E-state index in [9.17, 15) is 19.2 Å². The van der Waals surface area contributed by atoms with Crippen molar-refractivity contribution in [2.75, 3.05) is 19.0 Å². The topological polar surface area (TPSA) is 105 Å². The van der Waals surface area contributed by atoms with Gasteiger partial charge in [-0.25, -0.2) is 0 Å². The highest BCUT2D eigenvalue weighted by Crippen LogP contribution is 2.37. The Morgan fingerprint density at radius 1 is 1.05 bits per heavy atom. The molecule has 0 spiro atoms. The lowest BCUT2D eigenvalue weighted by atomic mass is 9.85. The maximum atomic E-state index is 13.8. The molecule has 1 aliphatic rings. The number of fused-ring (bicyclic) bond motifs is 1. The molecule has 38 heavy (non-hydrogen) atoms. The number of carbonyl (C=O) groups excluding carboxylic acids is 4. The summed E-state index contributed by atoms with van der Waals surface area (Å²) in [5.41, 5.74) is 0.616. The van der Waals surface area contributed by atoms with Crippen LogP contribution in [0.1, 0.15) is 73.8 Å². The average molecular weight is 548 g/mol. The molecule has 2 rings (SSSR count). The Hall–Kier alpha value is -2.55. The quantitative estimate of drug-likeness (QED) is 0.352. The van der Waals surface area contributed by atoms with Gasteiger partial charge in [-0.05, 0) is 68.7 Å². The van der Waals surface area contributed by atoms with E-state index >= 15 is 0 Å². The fourth-order valence-corrected chi connectivity index (χ4v) is 5.65. The van der Waals surface area contributed by atoms with Gasteiger partial charge in [0.15, 0.2) is 0 Å². The molecule has 1 aromatic rings. The van der Waals surface area contributed by atoms with Gasteiger partial charge in [0.05, 0.1) is 5.92 Å². The lowest BCUT2D eigenvalue weighted by Gasteiger charge is -2.34. The minimum absolute atomic E-state index is 0.0720. The number of thioether (sulfide) groups is 1. The predicted octanol–water partition coefficient (Wildman–Crippen LogP) is 4.34. The van der Waals surface area contributed by atoms with Crippen molar-refractivity contribution in [3.8, 4) is 0 Å². The molecule has 0 bridgehead atoms. The minimum atomic E-state index is -0.831. The summed E-state index contributed by atoms with van der Waals surface area (Å²) >= 11 is 1.30. The third kappa shape index (κ3) is 8.48. The number of esters is 1. The number of hydrogen-bond acceptors (Lipinski definition) is 6. The second-order valence-electron chi connectivity index (χ2n) is 12.5.